The number of nitrogens with zero attached hydrogens (tertiary/aromatic N) is 8. The van der Waals surface area contributed by atoms with Crippen LogP contribution in [0.5, 0.6) is 6.01 Å². The number of halogens is 3. The predicted octanol–water partition coefficient (Wildman–Crippen LogP) is 7.28. The number of carbonyl (C=O) groups is 5. The first-order valence-electron chi connectivity index (χ1n) is 37.8. The summed E-state index contributed by atoms with van der Waals surface area (Å²) in [7, 11) is 0. The van der Waals surface area contributed by atoms with Crippen LogP contribution in [0.25, 0.3) is 10.8 Å². The van der Waals surface area contributed by atoms with E-state index in [4.69, 9.17) is 94.7 Å². The van der Waals surface area contributed by atoms with Crippen LogP contribution < -0.4 is 30.5 Å². The van der Waals surface area contributed by atoms with Crippen molar-refractivity contribution in [3.8, 4) is 12.1 Å². The highest BCUT2D eigenvalue weighted by molar-refractivity contribution is 6.36. The number of piperidine rings is 1. The zero-order valence-electron chi connectivity index (χ0n) is 62.4. The highest BCUT2D eigenvalue weighted by Crippen LogP contribution is 2.38. The van der Waals surface area contributed by atoms with E-state index in [-0.39, 0.29) is 62.8 Å². The number of hydrogen-bond acceptors (Lipinski definition) is 24. The number of piperazine rings is 1. The second-order valence-corrected chi connectivity index (χ2v) is 27.5. The Hall–Kier alpha value is -7.81. The number of imide groups is 1. The normalized spacial score (nSPS) is 17.2. The van der Waals surface area contributed by atoms with Crippen LogP contribution in [-0.4, -0.2) is 277 Å². The summed E-state index contributed by atoms with van der Waals surface area (Å²) in [5, 5.41) is 20.9. The molecule has 1 unspecified atom stereocenters. The highest BCUT2D eigenvalue weighted by atomic mass is 35.5. The molecule has 6 amide bonds. The average molecular weight is 1570 g/mol. The van der Waals surface area contributed by atoms with Crippen molar-refractivity contribution in [1.82, 2.24) is 35.3 Å². The quantitative estimate of drug-likeness (QED) is 0.0196. The van der Waals surface area contributed by atoms with Crippen molar-refractivity contribution < 1.29 is 89.9 Å². The van der Waals surface area contributed by atoms with Gasteiger partial charge in [0.15, 0.2) is 5.83 Å². The third-order valence-electron chi connectivity index (χ3n) is 19.1. The number of likely N-dealkylation sites (tertiary alicyclic amines) is 1. The van der Waals surface area contributed by atoms with Gasteiger partial charge in [0.05, 0.1) is 194 Å². The molecule has 5 aromatic rings. The monoisotopic (exact) mass is 1570 g/mol. The van der Waals surface area contributed by atoms with Crippen LogP contribution in [0.1, 0.15) is 70.4 Å². The van der Waals surface area contributed by atoms with Crippen molar-refractivity contribution in [2.24, 2.45) is 0 Å². The number of amides is 6. The lowest BCUT2D eigenvalue weighted by atomic mass is 10.0. The number of urea groups is 1. The molecular weight excluding hydrogens is 1470 g/mol. The molecule has 3 saturated heterocycles. The average Bonchev–Trinajstić information content (AvgIpc) is 1.62. The van der Waals surface area contributed by atoms with Crippen molar-refractivity contribution in [2.45, 2.75) is 82.7 Å². The summed E-state index contributed by atoms with van der Waals surface area (Å²) in [6.07, 6.45) is 3.70. The third-order valence-corrected chi connectivity index (χ3v) is 19.6. The van der Waals surface area contributed by atoms with E-state index in [0.29, 0.717) is 231 Å². The standard InChI is InChI=1S/C78H102Cl2FN11O18/c1-56(81)75(95)91-21-20-90(53-63(91)14-17-82)73-66-15-19-89(69-9-3-6-59-5-2-8-67(80)72(59)69)54-68(66)85-78(87-73)110-55-64-7-4-18-88(64)22-24-99-26-28-101-30-32-103-34-36-105-38-40-107-42-44-109-46-45-108-43-41-106-39-37-104-35-33-102-31-29-100-27-25-98-23-16-57-48-61(79)50-62(49-57)84-77(97)83-51-58-10-11-65-60(47-58)52-92(76(65)96)70-12-13-71(93)86-74(70)94/h2-3,5-6,8-11,47-50,63-64,70H,1,4,7,12-16,18-46,51-55H2,(H2,83,84,97)(H,86,93,94)/t63-,64-,70?/m0/s1. The fourth-order valence-electron chi connectivity index (χ4n) is 13.6. The van der Waals surface area contributed by atoms with E-state index in [9.17, 15) is 33.6 Å². The number of carbonyl (C=O) groups excluding carboxylic acids is 5. The Morgan fingerprint density at radius 3 is 1.84 bits per heavy atom. The minimum absolute atomic E-state index is 0.0340. The Balaban J connectivity index is 0.461. The van der Waals surface area contributed by atoms with Gasteiger partial charge in [-0.05, 0) is 97.1 Å². The molecule has 0 radical (unpaired) electrons. The fourth-order valence-corrected chi connectivity index (χ4v) is 14.2. The van der Waals surface area contributed by atoms with Crippen molar-refractivity contribution in [3.63, 3.8) is 0 Å². The van der Waals surface area contributed by atoms with Crippen LogP contribution in [0.15, 0.2) is 85.2 Å². The first-order chi connectivity index (χ1) is 53.8. The number of anilines is 3. The van der Waals surface area contributed by atoms with Crippen LogP contribution in [0.3, 0.4) is 0 Å². The van der Waals surface area contributed by atoms with E-state index in [0.717, 1.165) is 70.3 Å². The molecular formula is C78H102Cl2FN11O18. The second kappa shape index (κ2) is 46.3. The van der Waals surface area contributed by atoms with Crippen molar-refractivity contribution in [2.75, 3.05) is 220 Å². The third kappa shape index (κ3) is 26.7. The molecule has 0 bridgehead atoms. The first-order valence-corrected chi connectivity index (χ1v) is 38.6. The lowest BCUT2D eigenvalue weighted by Gasteiger charge is -2.42. The van der Waals surface area contributed by atoms with Gasteiger partial charge >= 0.3 is 12.0 Å². The lowest BCUT2D eigenvalue weighted by Crippen LogP contribution is -2.55. The molecule has 3 fully saturated rings. The predicted molar refractivity (Wildman–Crippen MR) is 407 cm³/mol. The van der Waals surface area contributed by atoms with Gasteiger partial charge in [-0.1, -0.05) is 66.2 Å². The largest absolute Gasteiger partial charge is 0.462 e. The van der Waals surface area contributed by atoms with Crippen LogP contribution in [-0.2, 0) is 104 Å². The smallest absolute Gasteiger partial charge is 0.319 e. The van der Waals surface area contributed by atoms with Gasteiger partial charge in [0, 0.05) is 91.2 Å². The number of rotatable bonds is 50. The van der Waals surface area contributed by atoms with Gasteiger partial charge in [0.2, 0.25) is 11.8 Å². The Kier molecular flexibility index (Phi) is 35.6. The Morgan fingerprint density at radius 2 is 1.24 bits per heavy atom. The summed E-state index contributed by atoms with van der Waals surface area (Å²) in [6.45, 7) is 18.5. The lowest BCUT2D eigenvalue weighted by molar-refractivity contribution is -0.137. The number of nitrogens with one attached hydrogen (secondary N) is 3. The minimum atomic E-state index is -1.05. The van der Waals surface area contributed by atoms with Gasteiger partial charge in [-0.15, -0.1) is 0 Å². The molecule has 0 spiro atoms. The summed E-state index contributed by atoms with van der Waals surface area (Å²) in [5.74, 6) is -2.19. The van der Waals surface area contributed by atoms with E-state index in [1.807, 2.05) is 36.4 Å². The summed E-state index contributed by atoms with van der Waals surface area (Å²) in [5.41, 5.74) is 6.29. The Bertz CT molecular complexity index is 3840. The maximum Gasteiger partial charge on any atom is 0.319 e. The first kappa shape index (κ1) is 84.6. The second-order valence-electron chi connectivity index (χ2n) is 26.7. The summed E-state index contributed by atoms with van der Waals surface area (Å²) < 4.78 is 88.4. The van der Waals surface area contributed by atoms with Crippen molar-refractivity contribution in [1.29, 1.82) is 5.26 Å². The number of aromatic nitrogens is 2. The summed E-state index contributed by atoms with van der Waals surface area (Å²) >= 11 is 13.2. The molecule has 3 atom stereocenters. The molecule has 110 heavy (non-hydrogen) atoms. The van der Waals surface area contributed by atoms with E-state index in [2.05, 4.69) is 61.5 Å². The van der Waals surface area contributed by atoms with E-state index in [1.165, 1.54) is 9.80 Å². The SMILES string of the molecule is C=C(F)C(=O)N1CCN(c2nc(OC[C@@H]3CCCN3CCOCCOCCOCCOCCOCCOCCOCCOCCOCCOCCOCCOCCc3cc(Cl)cc(NC(=O)NCc4ccc5c(c4)CN(C4CCC(=O)NC4=O)C5=O)c3)nc3c2CCN(c2cccc4cccc(Cl)c24)C3)C[C@@H]1CC#N. The van der Waals surface area contributed by atoms with Crippen LogP contribution >= 0.6 is 23.2 Å². The van der Waals surface area contributed by atoms with Gasteiger partial charge < -0.3 is 91.8 Å². The van der Waals surface area contributed by atoms with Crippen molar-refractivity contribution in [3.05, 3.63) is 129 Å². The minimum Gasteiger partial charge on any atom is -0.462 e. The van der Waals surface area contributed by atoms with Crippen LogP contribution in [0, 0.1) is 11.3 Å². The van der Waals surface area contributed by atoms with E-state index in [1.54, 1.807) is 18.2 Å². The number of benzene rings is 4. The van der Waals surface area contributed by atoms with Gasteiger partial charge in [-0.25, -0.2) is 9.18 Å². The van der Waals surface area contributed by atoms with Gasteiger partial charge in [-0.3, -0.25) is 29.4 Å². The molecule has 10 rings (SSSR count). The molecule has 5 aliphatic heterocycles. The topological polar surface area (TPSA) is 307 Å². The summed E-state index contributed by atoms with van der Waals surface area (Å²) in [6, 6.07) is 23.6. The van der Waals surface area contributed by atoms with E-state index < -0.39 is 35.8 Å². The number of hydrogen-bond donors (Lipinski definition) is 3. The highest BCUT2D eigenvalue weighted by Gasteiger charge is 2.40. The van der Waals surface area contributed by atoms with Gasteiger partial charge in [-0.2, -0.15) is 15.2 Å². The number of nitriles is 1. The molecule has 0 aliphatic carbocycles. The van der Waals surface area contributed by atoms with Crippen LogP contribution in [0.2, 0.25) is 10.0 Å². The Morgan fingerprint density at radius 1 is 0.636 bits per heavy atom. The van der Waals surface area contributed by atoms with Gasteiger partial charge in [0.1, 0.15) is 18.5 Å². The molecule has 0 saturated carbocycles. The molecule has 1 aromatic heterocycles. The number of fused-ring (bicyclic) bond motifs is 3. The molecule has 6 heterocycles. The van der Waals surface area contributed by atoms with Gasteiger partial charge in [0.25, 0.3) is 11.8 Å². The van der Waals surface area contributed by atoms with Crippen LogP contribution in [0.4, 0.5) is 26.4 Å². The van der Waals surface area contributed by atoms with E-state index >= 15 is 0 Å². The summed E-state index contributed by atoms with van der Waals surface area (Å²) in [4.78, 5) is 82.3. The molecule has 598 valence electrons. The maximum absolute atomic E-state index is 14.1. The molecule has 32 heteroatoms. The number of ether oxygens (including phenoxy) is 13. The maximum atomic E-state index is 14.1. The molecule has 29 nitrogen and oxygen atoms in total. The zero-order valence-corrected chi connectivity index (χ0v) is 63.9. The zero-order chi connectivity index (χ0) is 77.1. The Labute approximate surface area is 651 Å². The van der Waals surface area contributed by atoms with Crippen molar-refractivity contribution >= 4 is 80.8 Å². The molecule has 3 N–H and O–H groups in total. The molecule has 5 aliphatic rings. The molecule has 4 aromatic carbocycles. The fraction of sp³-hybridized carbons (Fsp3) is 0.564.